The smallest absolute Gasteiger partial charge is 0.306 e. The number of aliphatic carboxylic acids is 1. The third kappa shape index (κ3) is 2.29. The lowest BCUT2D eigenvalue weighted by Gasteiger charge is -2.30. The van der Waals surface area contributed by atoms with Crippen molar-refractivity contribution in [3.8, 4) is 0 Å². The molecule has 0 aliphatic heterocycles. The SMILES string of the molecule is CC(C)C1CC(=O)CCC1C(=O)O. The van der Waals surface area contributed by atoms with Crippen LogP contribution in [0, 0.1) is 17.8 Å². The zero-order valence-corrected chi connectivity index (χ0v) is 8.12. The fourth-order valence-corrected chi connectivity index (χ4v) is 2.04. The first kappa shape index (κ1) is 10.2. The zero-order chi connectivity index (χ0) is 10.0. The molecule has 0 amide bonds. The molecule has 0 radical (unpaired) electrons. The van der Waals surface area contributed by atoms with Crippen LogP contribution in [0.3, 0.4) is 0 Å². The number of carboxylic acid groups (broad SMARTS) is 1. The molecule has 0 aromatic carbocycles. The second kappa shape index (κ2) is 3.90. The van der Waals surface area contributed by atoms with E-state index in [0.29, 0.717) is 19.3 Å². The van der Waals surface area contributed by atoms with E-state index in [0.717, 1.165) is 0 Å². The summed E-state index contributed by atoms with van der Waals surface area (Å²) in [4.78, 5) is 22.0. The first-order chi connectivity index (χ1) is 6.02. The Kier molecular flexibility index (Phi) is 3.07. The summed E-state index contributed by atoms with van der Waals surface area (Å²) >= 11 is 0. The van der Waals surface area contributed by atoms with Crippen LogP contribution in [0.15, 0.2) is 0 Å². The van der Waals surface area contributed by atoms with E-state index in [2.05, 4.69) is 0 Å². The summed E-state index contributed by atoms with van der Waals surface area (Å²) in [5, 5.41) is 8.93. The molecule has 0 saturated heterocycles. The topological polar surface area (TPSA) is 54.4 Å². The molecule has 0 bridgehead atoms. The zero-order valence-electron chi connectivity index (χ0n) is 8.12. The minimum Gasteiger partial charge on any atom is -0.481 e. The Morgan fingerprint density at radius 1 is 1.54 bits per heavy atom. The summed E-state index contributed by atoms with van der Waals surface area (Å²) in [6.45, 7) is 3.97. The Balaban J connectivity index is 2.71. The fourth-order valence-electron chi connectivity index (χ4n) is 2.04. The Morgan fingerprint density at radius 3 is 2.62 bits per heavy atom. The molecule has 2 atom stereocenters. The van der Waals surface area contributed by atoms with Crippen LogP contribution in [0.2, 0.25) is 0 Å². The van der Waals surface area contributed by atoms with Crippen LogP contribution in [0.25, 0.3) is 0 Å². The van der Waals surface area contributed by atoms with Gasteiger partial charge in [-0.15, -0.1) is 0 Å². The normalized spacial score (nSPS) is 29.3. The molecule has 1 N–H and O–H groups in total. The molecule has 1 fully saturated rings. The number of hydrogen-bond donors (Lipinski definition) is 1. The molecule has 0 heterocycles. The highest BCUT2D eigenvalue weighted by atomic mass is 16.4. The van der Waals surface area contributed by atoms with Crippen LogP contribution in [-0.4, -0.2) is 16.9 Å². The van der Waals surface area contributed by atoms with E-state index >= 15 is 0 Å². The van der Waals surface area contributed by atoms with Gasteiger partial charge in [0.05, 0.1) is 5.92 Å². The number of carboxylic acids is 1. The van der Waals surface area contributed by atoms with Crippen molar-refractivity contribution in [2.45, 2.75) is 33.1 Å². The molecule has 1 saturated carbocycles. The summed E-state index contributed by atoms with van der Waals surface area (Å²) in [6, 6.07) is 0. The minimum atomic E-state index is -0.744. The largest absolute Gasteiger partial charge is 0.481 e. The van der Waals surface area contributed by atoms with Gasteiger partial charge in [-0.3, -0.25) is 9.59 Å². The van der Waals surface area contributed by atoms with E-state index < -0.39 is 5.97 Å². The molecular weight excluding hydrogens is 168 g/mol. The van der Waals surface area contributed by atoms with E-state index in [1.54, 1.807) is 0 Å². The van der Waals surface area contributed by atoms with Crippen molar-refractivity contribution >= 4 is 11.8 Å². The molecule has 0 aromatic rings. The van der Waals surface area contributed by atoms with E-state index in [9.17, 15) is 9.59 Å². The third-order valence-corrected chi connectivity index (χ3v) is 2.89. The minimum absolute atomic E-state index is 0.0405. The van der Waals surface area contributed by atoms with Crippen molar-refractivity contribution in [1.29, 1.82) is 0 Å². The average Bonchev–Trinajstić information content (AvgIpc) is 2.03. The quantitative estimate of drug-likeness (QED) is 0.710. The summed E-state index contributed by atoms with van der Waals surface area (Å²) in [7, 11) is 0. The van der Waals surface area contributed by atoms with Crippen LogP contribution in [0.4, 0.5) is 0 Å². The van der Waals surface area contributed by atoms with Gasteiger partial charge < -0.3 is 5.11 Å². The number of carbonyl (C=O) groups excluding carboxylic acids is 1. The van der Waals surface area contributed by atoms with Gasteiger partial charge in [0.15, 0.2) is 0 Å². The van der Waals surface area contributed by atoms with Crippen LogP contribution in [-0.2, 0) is 9.59 Å². The molecular formula is C10H16O3. The highest BCUT2D eigenvalue weighted by molar-refractivity contribution is 5.82. The molecule has 0 aromatic heterocycles. The van der Waals surface area contributed by atoms with Gasteiger partial charge in [-0.05, 0) is 18.3 Å². The molecule has 2 unspecified atom stereocenters. The maximum atomic E-state index is 11.2. The fraction of sp³-hybridized carbons (Fsp3) is 0.800. The van der Waals surface area contributed by atoms with Gasteiger partial charge in [0.2, 0.25) is 0 Å². The van der Waals surface area contributed by atoms with E-state index in [1.807, 2.05) is 13.8 Å². The Bertz CT molecular complexity index is 220. The second-order valence-electron chi connectivity index (χ2n) is 4.13. The van der Waals surface area contributed by atoms with Crippen molar-refractivity contribution in [3.63, 3.8) is 0 Å². The highest BCUT2D eigenvalue weighted by Gasteiger charge is 2.35. The van der Waals surface area contributed by atoms with Gasteiger partial charge in [-0.2, -0.15) is 0 Å². The Labute approximate surface area is 78.1 Å². The maximum Gasteiger partial charge on any atom is 0.306 e. The van der Waals surface area contributed by atoms with Crippen molar-refractivity contribution in [3.05, 3.63) is 0 Å². The predicted molar refractivity (Wildman–Crippen MR) is 48.3 cm³/mol. The maximum absolute atomic E-state index is 11.2. The Morgan fingerprint density at radius 2 is 2.15 bits per heavy atom. The molecule has 13 heavy (non-hydrogen) atoms. The van der Waals surface area contributed by atoms with E-state index in [1.165, 1.54) is 0 Å². The first-order valence-electron chi connectivity index (χ1n) is 4.77. The van der Waals surface area contributed by atoms with E-state index in [4.69, 9.17) is 5.11 Å². The number of hydrogen-bond acceptors (Lipinski definition) is 2. The van der Waals surface area contributed by atoms with Crippen molar-refractivity contribution in [2.75, 3.05) is 0 Å². The standard InChI is InChI=1S/C10H16O3/c1-6(2)9-5-7(11)3-4-8(9)10(12)13/h6,8-9H,3-5H2,1-2H3,(H,12,13). The number of carbonyl (C=O) groups is 2. The monoisotopic (exact) mass is 184 g/mol. The number of Topliss-reactive ketones (excluding diaryl/α,β-unsaturated/α-hetero) is 1. The lowest BCUT2D eigenvalue weighted by molar-refractivity contribution is -0.147. The summed E-state index contributed by atoms with van der Waals surface area (Å²) in [5.74, 6) is -0.510. The van der Waals surface area contributed by atoms with Gasteiger partial charge in [0.1, 0.15) is 5.78 Å². The van der Waals surface area contributed by atoms with Crippen LogP contribution in [0.1, 0.15) is 33.1 Å². The average molecular weight is 184 g/mol. The molecule has 3 heteroatoms. The summed E-state index contributed by atoms with van der Waals surface area (Å²) in [5.41, 5.74) is 0. The number of ketones is 1. The summed E-state index contributed by atoms with van der Waals surface area (Å²) < 4.78 is 0. The summed E-state index contributed by atoms with van der Waals surface area (Å²) in [6.07, 6.45) is 1.42. The van der Waals surface area contributed by atoms with Gasteiger partial charge in [0, 0.05) is 12.8 Å². The lowest BCUT2D eigenvalue weighted by Crippen LogP contribution is -2.33. The predicted octanol–water partition coefficient (Wildman–Crippen LogP) is 1.71. The molecule has 0 spiro atoms. The van der Waals surface area contributed by atoms with Gasteiger partial charge in [-0.1, -0.05) is 13.8 Å². The van der Waals surface area contributed by atoms with Crippen LogP contribution >= 0.6 is 0 Å². The van der Waals surface area contributed by atoms with E-state index in [-0.39, 0.29) is 23.5 Å². The number of rotatable bonds is 2. The van der Waals surface area contributed by atoms with Gasteiger partial charge in [-0.25, -0.2) is 0 Å². The Hall–Kier alpha value is -0.860. The van der Waals surface area contributed by atoms with Crippen LogP contribution < -0.4 is 0 Å². The van der Waals surface area contributed by atoms with Gasteiger partial charge >= 0.3 is 5.97 Å². The van der Waals surface area contributed by atoms with Crippen molar-refractivity contribution < 1.29 is 14.7 Å². The molecule has 1 rings (SSSR count). The van der Waals surface area contributed by atoms with Crippen LogP contribution in [0.5, 0.6) is 0 Å². The second-order valence-corrected chi connectivity index (χ2v) is 4.13. The molecule has 1 aliphatic rings. The highest BCUT2D eigenvalue weighted by Crippen LogP contribution is 2.33. The molecule has 74 valence electrons. The lowest BCUT2D eigenvalue weighted by atomic mass is 9.73. The van der Waals surface area contributed by atoms with Crippen molar-refractivity contribution in [2.24, 2.45) is 17.8 Å². The van der Waals surface area contributed by atoms with Crippen molar-refractivity contribution in [1.82, 2.24) is 0 Å². The first-order valence-corrected chi connectivity index (χ1v) is 4.77. The molecule has 3 nitrogen and oxygen atoms in total. The van der Waals surface area contributed by atoms with Gasteiger partial charge in [0.25, 0.3) is 0 Å². The molecule has 1 aliphatic carbocycles. The third-order valence-electron chi connectivity index (χ3n) is 2.89.